The average molecular weight is 658 g/mol. The van der Waals surface area contributed by atoms with Crippen molar-refractivity contribution >= 4 is 64.2 Å². The highest BCUT2D eigenvalue weighted by Gasteiger charge is 2.28. The van der Waals surface area contributed by atoms with Gasteiger partial charge in [0.25, 0.3) is 0 Å². The number of nitrogens with zero attached hydrogens (tertiary/aromatic N) is 8. The fourth-order valence-electron chi connectivity index (χ4n) is 6.92. The van der Waals surface area contributed by atoms with Gasteiger partial charge < -0.3 is 19.9 Å². The Balaban J connectivity index is 1.16. The van der Waals surface area contributed by atoms with Crippen LogP contribution in [0.15, 0.2) is 49.1 Å². The van der Waals surface area contributed by atoms with E-state index in [0.717, 1.165) is 57.6 Å². The summed E-state index contributed by atoms with van der Waals surface area (Å²) in [5.74, 6) is 1.23. The maximum Gasteiger partial charge on any atom is 0.229 e. The number of nitrogens with one attached hydrogen (secondary N) is 1. The van der Waals surface area contributed by atoms with E-state index in [2.05, 4.69) is 80.5 Å². The molecule has 2 saturated heterocycles. The Kier molecular flexibility index (Phi) is 8.72. The van der Waals surface area contributed by atoms with E-state index in [1.165, 1.54) is 50.3 Å². The maximum atomic E-state index is 6.74. The minimum absolute atomic E-state index is 0.472. The first-order valence-electron chi connectivity index (χ1n) is 15.9. The molecule has 5 aromatic rings. The highest BCUT2D eigenvalue weighted by atomic mass is 35.5. The van der Waals surface area contributed by atoms with Crippen LogP contribution in [-0.4, -0.2) is 107 Å². The number of piperazine rings is 1. The molecule has 5 heterocycles. The summed E-state index contributed by atoms with van der Waals surface area (Å²) in [7, 11) is 3.42. The molecule has 0 spiro atoms. The van der Waals surface area contributed by atoms with Crippen LogP contribution in [0.25, 0.3) is 27.8 Å². The van der Waals surface area contributed by atoms with Gasteiger partial charge >= 0.3 is 0 Å². The molecule has 0 amide bonds. The molecule has 240 valence electrons. The van der Waals surface area contributed by atoms with Crippen LogP contribution in [0.4, 0.5) is 17.3 Å². The Morgan fingerprint density at radius 3 is 2.46 bits per heavy atom. The lowest BCUT2D eigenvalue weighted by Gasteiger charge is -2.43. The molecule has 2 aromatic carbocycles. The predicted molar refractivity (Wildman–Crippen MR) is 191 cm³/mol. The topological polar surface area (TPSA) is 87.5 Å². The van der Waals surface area contributed by atoms with Gasteiger partial charge in [-0.05, 0) is 63.9 Å². The molecule has 3 aromatic heterocycles. The summed E-state index contributed by atoms with van der Waals surface area (Å²) in [6, 6.07) is 9.05. The molecule has 12 heteroatoms. The normalized spacial score (nSPS) is 17.0. The van der Waals surface area contributed by atoms with Gasteiger partial charge in [0.15, 0.2) is 5.65 Å². The third-order valence-electron chi connectivity index (χ3n) is 9.42. The standard InChI is InChI=1S/C34H41ClN9OP/c1-22-18-27(30(45-3)19-29(22)43-12-8-23(9-13-43)42-16-14-41(2)15-17-42)39-34-38-20-24-25(35)21-44(33(24)40-34)28-7-6-26-31(32(28)46(4)5)37-11-10-36-26/h6-7,10-11,18-21,23H,8-9,12-17H2,1-5H3,(H,38,39,40). The number of likely N-dealkylation sites (N-methyl/N-ethyl adjacent to an activating group) is 1. The van der Waals surface area contributed by atoms with Gasteiger partial charge in [0.1, 0.15) is 5.75 Å². The minimum Gasteiger partial charge on any atom is -0.494 e. The number of anilines is 3. The van der Waals surface area contributed by atoms with Crippen LogP contribution in [0, 0.1) is 6.92 Å². The van der Waals surface area contributed by atoms with Crippen molar-refractivity contribution in [2.45, 2.75) is 25.8 Å². The van der Waals surface area contributed by atoms with E-state index in [0.29, 0.717) is 17.0 Å². The number of aromatic nitrogens is 5. The minimum atomic E-state index is -0.511. The predicted octanol–water partition coefficient (Wildman–Crippen LogP) is 5.66. The summed E-state index contributed by atoms with van der Waals surface area (Å²) >= 11 is 6.74. The fraction of sp³-hybridized carbons (Fsp3) is 0.412. The van der Waals surface area contributed by atoms with E-state index < -0.39 is 7.92 Å². The highest BCUT2D eigenvalue weighted by Crippen LogP contribution is 2.38. The second-order valence-electron chi connectivity index (χ2n) is 12.6. The lowest BCUT2D eigenvalue weighted by atomic mass is 10.0. The summed E-state index contributed by atoms with van der Waals surface area (Å²) in [5, 5.41) is 5.98. The molecule has 0 saturated carbocycles. The molecule has 0 radical (unpaired) electrons. The molecule has 2 fully saturated rings. The van der Waals surface area contributed by atoms with Crippen LogP contribution in [0.3, 0.4) is 0 Å². The van der Waals surface area contributed by atoms with Gasteiger partial charge in [-0.2, -0.15) is 4.98 Å². The number of hydrogen-bond donors (Lipinski definition) is 1. The van der Waals surface area contributed by atoms with Crippen LogP contribution in [-0.2, 0) is 0 Å². The van der Waals surface area contributed by atoms with Crippen LogP contribution in [0.5, 0.6) is 5.75 Å². The van der Waals surface area contributed by atoms with E-state index in [4.69, 9.17) is 21.3 Å². The van der Waals surface area contributed by atoms with Gasteiger partial charge in [-0.25, -0.2) is 4.98 Å². The van der Waals surface area contributed by atoms with E-state index in [-0.39, 0.29) is 0 Å². The number of methoxy groups -OCH3 is 1. The largest absolute Gasteiger partial charge is 0.494 e. The van der Waals surface area contributed by atoms with Gasteiger partial charge in [0.2, 0.25) is 5.95 Å². The lowest BCUT2D eigenvalue weighted by molar-refractivity contribution is 0.0982. The van der Waals surface area contributed by atoms with Gasteiger partial charge in [-0.1, -0.05) is 19.5 Å². The summed E-state index contributed by atoms with van der Waals surface area (Å²) in [4.78, 5) is 26.5. The second kappa shape index (κ2) is 12.9. The van der Waals surface area contributed by atoms with Crippen molar-refractivity contribution in [2.24, 2.45) is 0 Å². The highest BCUT2D eigenvalue weighted by molar-refractivity contribution is 7.64. The van der Waals surface area contributed by atoms with E-state index in [1.807, 2.05) is 16.8 Å². The van der Waals surface area contributed by atoms with E-state index in [1.54, 1.807) is 25.7 Å². The molecular weight excluding hydrogens is 617 g/mol. The van der Waals surface area contributed by atoms with Gasteiger partial charge in [-0.3, -0.25) is 19.4 Å². The molecule has 0 aliphatic carbocycles. The number of aryl methyl sites for hydroxylation is 1. The Morgan fingerprint density at radius 2 is 1.72 bits per heavy atom. The summed E-state index contributed by atoms with van der Waals surface area (Å²) < 4.78 is 7.95. The quantitative estimate of drug-likeness (QED) is 0.223. The van der Waals surface area contributed by atoms with Crippen molar-refractivity contribution in [2.75, 3.05) is 77.0 Å². The first-order valence-corrected chi connectivity index (χ1v) is 18.5. The molecule has 7 rings (SSSR count). The average Bonchev–Trinajstić information content (AvgIpc) is 3.39. The van der Waals surface area contributed by atoms with Crippen LogP contribution >= 0.6 is 19.5 Å². The molecule has 0 atom stereocenters. The number of benzene rings is 2. The maximum absolute atomic E-state index is 6.74. The van der Waals surface area contributed by atoms with Crippen molar-refractivity contribution in [1.29, 1.82) is 0 Å². The first-order chi connectivity index (χ1) is 22.3. The number of fused-ring (bicyclic) bond motifs is 2. The zero-order valence-electron chi connectivity index (χ0n) is 27.2. The number of halogens is 1. The third-order valence-corrected chi connectivity index (χ3v) is 11.1. The Bertz CT molecular complexity index is 1880. The number of hydrogen-bond acceptors (Lipinski definition) is 9. The van der Waals surface area contributed by atoms with Crippen molar-refractivity contribution in [1.82, 2.24) is 34.3 Å². The lowest BCUT2D eigenvalue weighted by Crippen LogP contribution is -2.52. The zero-order chi connectivity index (χ0) is 31.9. The van der Waals surface area contributed by atoms with Gasteiger partial charge in [0.05, 0.1) is 39.9 Å². The Hall–Kier alpha value is -3.56. The fourth-order valence-corrected chi connectivity index (χ4v) is 8.39. The van der Waals surface area contributed by atoms with Crippen LogP contribution in [0.2, 0.25) is 5.02 Å². The molecule has 0 bridgehead atoms. The van der Waals surface area contributed by atoms with Gasteiger partial charge in [-0.15, -0.1) is 0 Å². The SMILES string of the molecule is COc1cc(N2CCC(N3CCN(C)CC3)CC2)c(C)cc1Nc1ncc2c(Cl)cn(-c3ccc4nccnc4c3P(C)C)c2n1. The van der Waals surface area contributed by atoms with Crippen molar-refractivity contribution in [3.05, 3.63) is 59.6 Å². The molecule has 10 nitrogen and oxygen atoms in total. The van der Waals surface area contributed by atoms with Crippen molar-refractivity contribution in [3.8, 4) is 11.4 Å². The molecule has 2 aliphatic rings. The molecule has 0 unspecified atom stereocenters. The van der Waals surface area contributed by atoms with Crippen LogP contribution < -0.4 is 20.3 Å². The van der Waals surface area contributed by atoms with Crippen molar-refractivity contribution in [3.63, 3.8) is 0 Å². The molecule has 1 N–H and O–H groups in total. The van der Waals surface area contributed by atoms with E-state index >= 15 is 0 Å². The monoisotopic (exact) mass is 657 g/mol. The number of rotatable bonds is 7. The smallest absolute Gasteiger partial charge is 0.229 e. The summed E-state index contributed by atoms with van der Waals surface area (Å²) in [5.41, 5.74) is 6.74. The molecule has 46 heavy (non-hydrogen) atoms. The molecular formula is C34H41ClN9OP. The Labute approximate surface area is 276 Å². The van der Waals surface area contributed by atoms with Crippen molar-refractivity contribution < 1.29 is 4.74 Å². The number of ether oxygens (including phenoxy) is 1. The Morgan fingerprint density at radius 1 is 0.957 bits per heavy atom. The zero-order valence-corrected chi connectivity index (χ0v) is 28.8. The summed E-state index contributed by atoms with van der Waals surface area (Å²) in [6.45, 7) is 13.4. The van der Waals surface area contributed by atoms with Crippen LogP contribution in [0.1, 0.15) is 18.4 Å². The van der Waals surface area contributed by atoms with Gasteiger partial charge in [0, 0.05) is 87.2 Å². The summed E-state index contributed by atoms with van der Waals surface area (Å²) in [6.07, 6.45) is 9.54. The third kappa shape index (κ3) is 5.88. The van der Waals surface area contributed by atoms with E-state index in [9.17, 15) is 0 Å². The number of piperidine rings is 1. The first kappa shape index (κ1) is 31.1. The molecule has 2 aliphatic heterocycles. The second-order valence-corrected chi connectivity index (χ2v) is 15.2.